The minimum Gasteiger partial charge on any atom is -0.259 e. The fraction of sp³-hybridized carbons (Fsp3) is 0.0526. The number of hydrogen-bond acceptors (Lipinski definition) is 2. The third-order valence-corrected chi connectivity index (χ3v) is 4.80. The van der Waals surface area contributed by atoms with Crippen molar-refractivity contribution in [3.63, 3.8) is 0 Å². The van der Waals surface area contributed by atoms with Crippen LogP contribution in [0.25, 0.3) is 22.3 Å². The van der Waals surface area contributed by atoms with Gasteiger partial charge in [0.05, 0.1) is 18.2 Å². The van der Waals surface area contributed by atoms with Crippen LogP contribution in [-0.2, 0) is 6.42 Å². The van der Waals surface area contributed by atoms with Gasteiger partial charge in [-0.05, 0) is 42.5 Å². The van der Waals surface area contributed by atoms with Crippen LogP contribution >= 0.6 is 46.4 Å². The van der Waals surface area contributed by atoms with Crippen molar-refractivity contribution >= 4 is 46.4 Å². The van der Waals surface area contributed by atoms with E-state index in [1.807, 2.05) is 6.07 Å². The molecule has 2 nitrogen and oxygen atoms in total. The second-order valence-corrected chi connectivity index (χ2v) is 6.99. The van der Waals surface area contributed by atoms with E-state index >= 15 is 0 Å². The first-order chi connectivity index (χ1) is 12.0. The molecule has 2 aromatic carbocycles. The van der Waals surface area contributed by atoms with Crippen molar-refractivity contribution in [2.75, 3.05) is 0 Å². The van der Waals surface area contributed by atoms with Crippen molar-refractivity contribution in [1.82, 2.24) is 4.98 Å². The van der Waals surface area contributed by atoms with Crippen LogP contribution in [0.3, 0.4) is 0 Å². The van der Waals surface area contributed by atoms with E-state index in [-0.39, 0.29) is 6.42 Å². The van der Waals surface area contributed by atoms with Gasteiger partial charge < -0.3 is 0 Å². The van der Waals surface area contributed by atoms with E-state index in [2.05, 4.69) is 11.1 Å². The molecular formula is C19H10Cl4N2. The van der Waals surface area contributed by atoms with Crippen LogP contribution < -0.4 is 0 Å². The van der Waals surface area contributed by atoms with Crippen molar-refractivity contribution in [2.24, 2.45) is 0 Å². The van der Waals surface area contributed by atoms with Crippen LogP contribution in [0.1, 0.15) is 5.69 Å². The van der Waals surface area contributed by atoms with E-state index in [4.69, 9.17) is 51.7 Å². The van der Waals surface area contributed by atoms with E-state index in [9.17, 15) is 0 Å². The van der Waals surface area contributed by atoms with E-state index < -0.39 is 0 Å². The molecule has 3 aromatic rings. The Hall–Kier alpha value is -1.76. The van der Waals surface area contributed by atoms with Crippen molar-refractivity contribution in [3.05, 3.63) is 74.4 Å². The summed E-state index contributed by atoms with van der Waals surface area (Å²) in [4.78, 5) is 4.44. The van der Waals surface area contributed by atoms with Gasteiger partial charge in [0.15, 0.2) is 0 Å². The highest BCUT2D eigenvalue weighted by molar-refractivity contribution is 6.36. The first-order valence-electron chi connectivity index (χ1n) is 7.26. The minimum atomic E-state index is 0.154. The van der Waals surface area contributed by atoms with Gasteiger partial charge in [-0.25, -0.2) is 0 Å². The maximum Gasteiger partial charge on any atom is 0.0781 e. The molecule has 0 fully saturated rings. The predicted octanol–water partition coefficient (Wildman–Crippen LogP) is 7.10. The van der Waals surface area contributed by atoms with E-state index in [1.54, 1.807) is 42.6 Å². The summed E-state index contributed by atoms with van der Waals surface area (Å²) in [6.45, 7) is 0. The molecule has 0 saturated carbocycles. The number of pyridine rings is 1. The highest BCUT2D eigenvalue weighted by Crippen LogP contribution is 2.37. The first kappa shape index (κ1) is 18.0. The maximum atomic E-state index is 9.09. The molecule has 0 N–H and O–H groups in total. The Kier molecular flexibility index (Phi) is 5.51. The fourth-order valence-electron chi connectivity index (χ4n) is 2.51. The summed E-state index contributed by atoms with van der Waals surface area (Å²) in [5, 5.41) is 11.3. The monoisotopic (exact) mass is 406 g/mol. The number of hydrogen-bond donors (Lipinski definition) is 0. The quantitative estimate of drug-likeness (QED) is 0.464. The van der Waals surface area contributed by atoms with Gasteiger partial charge in [-0.2, -0.15) is 5.26 Å². The average molecular weight is 408 g/mol. The molecule has 0 radical (unpaired) electrons. The van der Waals surface area contributed by atoms with Crippen molar-refractivity contribution in [3.8, 4) is 28.3 Å². The van der Waals surface area contributed by atoms with Crippen molar-refractivity contribution < 1.29 is 0 Å². The van der Waals surface area contributed by atoms with Crippen LogP contribution in [-0.4, -0.2) is 4.98 Å². The standard InChI is InChI=1S/C19H10Cl4N2/c20-12-1-3-17(22)14(8-12)11-7-16(19(5-6-24)25-10-11)15-9-13(21)2-4-18(15)23/h1-4,7-10H,5H2. The smallest absolute Gasteiger partial charge is 0.0781 e. The third kappa shape index (κ3) is 3.92. The molecule has 1 heterocycles. The van der Waals surface area contributed by atoms with E-state index in [0.29, 0.717) is 31.3 Å². The number of benzene rings is 2. The molecule has 0 aliphatic heterocycles. The van der Waals surface area contributed by atoms with Gasteiger partial charge in [-0.15, -0.1) is 0 Å². The number of nitrogens with zero attached hydrogens (tertiary/aromatic N) is 2. The molecule has 0 unspecified atom stereocenters. The van der Waals surface area contributed by atoms with Crippen LogP contribution in [0, 0.1) is 11.3 Å². The lowest BCUT2D eigenvalue weighted by molar-refractivity contribution is 1.12. The van der Waals surface area contributed by atoms with Gasteiger partial charge in [0.1, 0.15) is 0 Å². The Morgan fingerprint density at radius 2 is 1.40 bits per heavy atom. The summed E-state index contributed by atoms with van der Waals surface area (Å²) < 4.78 is 0. The first-order valence-corrected chi connectivity index (χ1v) is 8.77. The molecule has 0 aliphatic carbocycles. The van der Waals surface area contributed by atoms with Crippen LogP contribution in [0.15, 0.2) is 48.7 Å². The molecule has 0 aliphatic rings. The molecule has 0 spiro atoms. The largest absolute Gasteiger partial charge is 0.259 e. The topological polar surface area (TPSA) is 36.7 Å². The normalized spacial score (nSPS) is 10.5. The molecular weight excluding hydrogens is 398 g/mol. The zero-order chi connectivity index (χ0) is 18.0. The van der Waals surface area contributed by atoms with Gasteiger partial charge in [0, 0.05) is 48.5 Å². The zero-order valence-corrected chi connectivity index (χ0v) is 15.8. The summed E-state index contributed by atoms with van der Waals surface area (Å²) >= 11 is 24.8. The zero-order valence-electron chi connectivity index (χ0n) is 12.7. The summed E-state index contributed by atoms with van der Waals surface area (Å²) in [7, 11) is 0. The highest BCUT2D eigenvalue weighted by atomic mass is 35.5. The third-order valence-electron chi connectivity index (χ3n) is 3.67. The lowest BCUT2D eigenvalue weighted by Gasteiger charge is -2.12. The molecule has 25 heavy (non-hydrogen) atoms. The highest BCUT2D eigenvalue weighted by Gasteiger charge is 2.14. The Bertz CT molecular complexity index is 993. The molecule has 6 heteroatoms. The van der Waals surface area contributed by atoms with Crippen molar-refractivity contribution in [2.45, 2.75) is 6.42 Å². The number of rotatable bonds is 3. The van der Waals surface area contributed by atoms with Crippen LogP contribution in [0.5, 0.6) is 0 Å². The van der Waals surface area contributed by atoms with E-state index in [0.717, 1.165) is 16.7 Å². The van der Waals surface area contributed by atoms with Gasteiger partial charge >= 0.3 is 0 Å². The van der Waals surface area contributed by atoms with Crippen LogP contribution in [0.4, 0.5) is 0 Å². The van der Waals surface area contributed by atoms with E-state index in [1.165, 1.54) is 0 Å². The number of halogens is 4. The Morgan fingerprint density at radius 3 is 2.04 bits per heavy atom. The molecule has 0 saturated heterocycles. The molecule has 124 valence electrons. The molecule has 0 amide bonds. The average Bonchev–Trinajstić information content (AvgIpc) is 2.60. The Balaban J connectivity index is 2.24. The van der Waals surface area contributed by atoms with Gasteiger partial charge in [-0.3, -0.25) is 4.98 Å². The summed E-state index contributed by atoms with van der Waals surface area (Å²) in [6.07, 6.45) is 1.83. The number of nitriles is 1. The van der Waals surface area contributed by atoms with Gasteiger partial charge in [-0.1, -0.05) is 46.4 Å². The van der Waals surface area contributed by atoms with Gasteiger partial charge in [0.25, 0.3) is 0 Å². The van der Waals surface area contributed by atoms with Gasteiger partial charge in [0.2, 0.25) is 0 Å². The summed E-state index contributed by atoms with van der Waals surface area (Å²) in [5.74, 6) is 0. The fourth-order valence-corrected chi connectivity index (χ4v) is 3.30. The predicted molar refractivity (Wildman–Crippen MR) is 104 cm³/mol. The lowest BCUT2D eigenvalue weighted by Crippen LogP contribution is -1.95. The number of aromatic nitrogens is 1. The van der Waals surface area contributed by atoms with Crippen LogP contribution in [0.2, 0.25) is 20.1 Å². The SMILES string of the molecule is N#CCc1ncc(-c2cc(Cl)ccc2Cl)cc1-c1cc(Cl)ccc1Cl. The second kappa shape index (κ2) is 7.64. The molecule has 0 bridgehead atoms. The van der Waals surface area contributed by atoms with Crippen molar-refractivity contribution in [1.29, 1.82) is 5.26 Å². The second-order valence-electron chi connectivity index (χ2n) is 5.30. The molecule has 0 atom stereocenters. The Morgan fingerprint density at radius 1 is 0.800 bits per heavy atom. The lowest BCUT2D eigenvalue weighted by atomic mass is 9.98. The molecule has 1 aromatic heterocycles. The molecule has 3 rings (SSSR count). The minimum absolute atomic E-state index is 0.154. The summed E-state index contributed by atoms with van der Waals surface area (Å²) in [5.41, 5.74) is 3.60. The Labute approximate surface area is 165 Å². The summed E-state index contributed by atoms with van der Waals surface area (Å²) in [6, 6.07) is 14.4. The maximum absolute atomic E-state index is 9.09.